The van der Waals surface area contributed by atoms with Crippen LogP contribution in [0.1, 0.15) is 27.7 Å². The van der Waals surface area contributed by atoms with Crippen LogP contribution in [0.3, 0.4) is 0 Å². The summed E-state index contributed by atoms with van der Waals surface area (Å²) in [6.45, 7) is 6.93. The molecule has 0 radical (unpaired) electrons. The quantitative estimate of drug-likeness (QED) is 0.597. The van der Waals surface area contributed by atoms with E-state index in [-0.39, 0.29) is 17.7 Å². The molecule has 0 spiro atoms. The van der Waals surface area contributed by atoms with Gasteiger partial charge in [0.1, 0.15) is 6.04 Å². The first-order valence-corrected chi connectivity index (χ1v) is 5.01. The zero-order chi connectivity index (χ0) is 12.2. The van der Waals surface area contributed by atoms with Crippen LogP contribution in [0.5, 0.6) is 0 Å². The molecule has 5 heteroatoms. The Morgan fingerprint density at radius 3 is 2.00 bits per heavy atom. The summed E-state index contributed by atoms with van der Waals surface area (Å²) < 4.78 is 0. The third-order valence-electron chi connectivity index (χ3n) is 2.07. The molecule has 0 fully saturated rings. The van der Waals surface area contributed by atoms with Crippen molar-refractivity contribution in [2.45, 2.75) is 39.3 Å². The Kier molecular flexibility index (Phi) is 4.74. The first-order chi connectivity index (χ1) is 6.70. The number of rotatable bonds is 4. The maximum absolute atomic E-state index is 11.6. The van der Waals surface area contributed by atoms with E-state index in [2.05, 4.69) is 10.6 Å². The van der Waals surface area contributed by atoms with Gasteiger partial charge in [-0.2, -0.15) is 0 Å². The summed E-state index contributed by atoms with van der Waals surface area (Å²) in [6.07, 6.45) is 0. The molecule has 0 heterocycles. The van der Waals surface area contributed by atoms with Crippen molar-refractivity contribution in [1.82, 2.24) is 10.6 Å². The van der Waals surface area contributed by atoms with Crippen molar-refractivity contribution in [3.05, 3.63) is 0 Å². The Labute approximate surface area is 90.8 Å². The molecule has 0 aliphatic heterocycles. The second kappa shape index (κ2) is 5.11. The molecular weight excluding hydrogens is 194 g/mol. The highest BCUT2D eigenvalue weighted by Gasteiger charge is 2.29. The monoisotopic (exact) mass is 215 g/mol. The molecule has 0 saturated carbocycles. The Bertz CT molecular complexity index is 244. The SMILES string of the molecule is CNC(=O)[C@@H](NC(=O)C(C)(C)N)C(C)C. The van der Waals surface area contributed by atoms with Crippen molar-refractivity contribution in [3.8, 4) is 0 Å². The number of carbonyl (C=O) groups excluding carboxylic acids is 2. The predicted octanol–water partition coefficient (Wildman–Crippen LogP) is -0.389. The Balaban J connectivity index is 4.57. The minimum Gasteiger partial charge on any atom is -0.357 e. The van der Waals surface area contributed by atoms with Crippen LogP contribution in [-0.4, -0.2) is 30.4 Å². The van der Waals surface area contributed by atoms with Crippen LogP contribution in [0.4, 0.5) is 0 Å². The molecule has 0 aromatic rings. The van der Waals surface area contributed by atoms with Crippen LogP contribution in [0.15, 0.2) is 0 Å². The van der Waals surface area contributed by atoms with Gasteiger partial charge in [0.2, 0.25) is 11.8 Å². The number of nitrogens with one attached hydrogen (secondary N) is 2. The summed E-state index contributed by atoms with van der Waals surface area (Å²) in [5, 5.41) is 5.14. The topological polar surface area (TPSA) is 84.2 Å². The lowest BCUT2D eigenvalue weighted by Crippen LogP contribution is -2.57. The van der Waals surface area contributed by atoms with E-state index >= 15 is 0 Å². The average molecular weight is 215 g/mol. The number of hydrogen-bond acceptors (Lipinski definition) is 3. The van der Waals surface area contributed by atoms with Gasteiger partial charge in [-0.25, -0.2) is 0 Å². The fourth-order valence-corrected chi connectivity index (χ4v) is 1.02. The molecule has 15 heavy (non-hydrogen) atoms. The smallest absolute Gasteiger partial charge is 0.242 e. The fourth-order valence-electron chi connectivity index (χ4n) is 1.02. The zero-order valence-electron chi connectivity index (χ0n) is 10.0. The van der Waals surface area contributed by atoms with E-state index in [1.807, 2.05) is 13.8 Å². The van der Waals surface area contributed by atoms with Crippen molar-refractivity contribution < 1.29 is 9.59 Å². The lowest BCUT2D eigenvalue weighted by molar-refractivity contribution is -0.132. The molecule has 88 valence electrons. The zero-order valence-corrected chi connectivity index (χ0v) is 10.0. The van der Waals surface area contributed by atoms with Gasteiger partial charge in [-0.1, -0.05) is 13.8 Å². The van der Waals surface area contributed by atoms with Crippen LogP contribution >= 0.6 is 0 Å². The van der Waals surface area contributed by atoms with E-state index in [0.29, 0.717) is 0 Å². The molecule has 0 aromatic heterocycles. The molecule has 0 aromatic carbocycles. The number of nitrogens with two attached hydrogens (primary N) is 1. The Morgan fingerprint density at radius 2 is 1.73 bits per heavy atom. The number of hydrogen-bond donors (Lipinski definition) is 3. The van der Waals surface area contributed by atoms with Gasteiger partial charge in [0.05, 0.1) is 5.54 Å². The molecular formula is C10H21N3O2. The van der Waals surface area contributed by atoms with Gasteiger partial charge in [0.15, 0.2) is 0 Å². The number of amides is 2. The van der Waals surface area contributed by atoms with Gasteiger partial charge >= 0.3 is 0 Å². The van der Waals surface area contributed by atoms with Crippen molar-refractivity contribution in [3.63, 3.8) is 0 Å². The largest absolute Gasteiger partial charge is 0.357 e. The van der Waals surface area contributed by atoms with E-state index in [4.69, 9.17) is 5.73 Å². The van der Waals surface area contributed by atoms with Gasteiger partial charge in [0, 0.05) is 7.05 Å². The maximum atomic E-state index is 11.6. The van der Waals surface area contributed by atoms with E-state index in [1.165, 1.54) is 7.05 Å². The van der Waals surface area contributed by atoms with Crippen molar-refractivity contribution in [2.75, 3.05) is 7.05 Å². The Morgan fingerprint density at radius 1 is 1.27 bits per heavy atom. The average Bonchev–Trinajstić information content (AvgIpc) is 2.10. The van der Waals surface area contributed by atoms with Crippen LogP contribution in [0.2, 0.25) is 0 Å². The van der Waals surface area contributed by atoms with Crippen molar-refractivity contribution in [1.29, 1.82) is 0 Å². The summed E-state index contributed by atoms with van der Waals surface area (Å²) in [5.41, 5.74) is 4.65. The van der Waals surface area contributed by atoms with Gasteiger partial charge in [-0.05, 0) is 19.8 Å². The van der Waals surface area contributed by atoms with E-state index in [1.54, 1.807) is 13.8 Å². The Hall–Kier alpha value is -1.10. The molecule has 5 nitrogen and oxygen atoms in total. The third kappa shape index (κ3) is 4.29. The van der Waals surface area contributed by atoms with E-state index in [0.717, 1.165) is 0 Å². The minimum atomic E-state index is -0.971. The minimum absolute atomic E-state index is 0.0243. The molecule has 1 atom stereocenters. The standard InChI is InChI=1S/C10H21N3O2/c1-6(2)7(8(14)12-5)13-9(15)10(3,4)11/h6-7H,11H2,1-5H3,(H,12,14)(H,13,15)/t7-/m0/s1. The van der Waals surface area contributed by atoms with Gasteiger partial charge in [-0.15, -0.1) is 0 Å². The van der Waals surface area contributed by atoms with E-state index < -0.39 is 11.6 Å². The van der Waals surface area contributed by atoms with Gasteiger partial charge in [-0.3, -0.25) is 9.59 Å². The predicted molar refractivity (Wildman–Crippen MR) is 59.1 cm³/mol. The van der Waals surface area contributed by atoms with Crippen LogP contribution in [0, 0.1) is 5.92 Å². The lowest BCUT2D eigenvalue weighted by atomic mass is 10.0. The summed E-state index contributed by atoms with van der Waals surface area (Å²) in [6, 6.07) is -0.537. The van der Waals surface area contributed by atoms with Crippen LogP contribution in [0.25, 0.3) is 0 Å². The molecule has 4 N–H and O–H groups in total. The molecule has 0 unspecified atom stereocenters. The first kappa shape index (κ1) is 13.9. The number of carbonyl (C=O) groups is 2. The van der Waals surface area contributed by atoms with Gasteiger partial charge in [0.25, 0.3) is 0 Å². The molecule has 0 bridgehead atoms. The lowest BCUT2D eigenvalue weighted by Gasteiger charge is -2.25. The molecule has 0 aliphatic rings. The molecule has 0 saturated heterocycles. The molecule has 0 aliphatic carbocycles. The summed E-state index contributed by atoms with van der Waals surface area (Å²) >= 11 is 0. The normalized spacial score (nSPS) is 13.5. The summed E-state index contributed by atoms with van der Waals surface area (Å²) in [5.74, 6) is -0.511. The van der Waals surface area contributed by atoms with Crippen LogP contribution in [-0.2, 0) is 9.59 Å². The molecule has 2 amide bonds. The van der Waals surface area contributed by atoms with Crippen LogP contribution < -0.4 is 16.4 Å². The van der Waals surface area contributed by atoms with Gasteiger partial charge < -0.3 is 16.4 Å². The second-order valence-corrected chi connectivity index (χ2v) is 4.53. The maximum Gasteiger partial charge on any atom is 0.242 e. The third-order valence-corrected chi connectivity index (χ3v) is 2.07. The number of likely N-dealkylation sites (N-methyl/N-ethyl adjacent to an activating group) is 1. The fraction of sp³-hybridized carbons (Fsp3) is 0.800. The van der Waals surface area contributed by atoms with E-state index in [9.17, 15) is 9.59 Å². The summed E-state index contributed by atoms with van der Waals surface area (Å²) in [7, 11) is 1.54. The highest BCUT2D eigenvalue weighted by molar-refractivity contribution is 5.91. The first-order valence-electron chi connectivity index (χ1n) is 5.01. The molecule has 0 rings (SSSR count). The second-order valence-electron chi connectivity index (χ2n) is 4.53. The highest BCUT2D eigenvalue weighted by atomic mass is 16.2. The van der Waals surface area contributed by atoms with Crippen molar-refractivity contribution >= 4 is 11.8 Å². The summed E-state index contributed by atoms with van der Waals surface area (Å²) in [4.78, 5) is 23.0. The van der Waals surface area contributed by atoms with Crippen molar-refractivity contribution in [2.24, 2.45) is 11.7 Å². The highest BCUT2D eigenvalue weighted by Crippen LogP contribution is 2.04.